The molecule has 1 rings (SSSR count). The van der Waals surface area contributed by atoms with Crippen molar-refractivity contribution in [2.24, 2.45) is 5.41 Å². The van der Waals surface area contributed by atoms with Gasteiger partial charge >= 0.3 is 11.9 Å². The molecule has 0 unspecified atom stereocenters. The molecule has 0 spiro atoms. The summed E-state index contributed by atoms with van der Waals surface area (Å²) in [6.45, 7) is 5.93. The molecule has 0 saturated heterocycles. The van der Waals surface area contributed by atoms with E-state index in [1.807, 2.05) is 0 Å². The van der Waals surface area contributed by atoms with Crippen LogP contribution in [0.1, 0.15) is 65.7 Å². The van der Waals surface area contributed by atoms with Crippen LogP contribution in [0.15, 0.2) is 12.1 Å². The Hall–Kier alpha value is -0.970. The third kappa shape index (κ3) is 6.55. The zero-order valence-electron chi connectivity index (χ0n) is 16.1. The van der Waals surface area contributed by atoms with Gasteiger partial charge in [0.05, 0.1) is 11.6 Å². The van der Waals surface area contributed by atoms with E-state index < -0.39 is 17.4 Å². The van der Waals surface area contributed by atoms with Gasteiger partial charge in [-0.05, 0) is 25.3 Å². The molecular formula is C20H27Cl3O4. The van der Waals surface area contributed by atoms with E-state index in [0.717, 1.165) is 32.1 Å². The van der Waals surface area contributed by atoms with Gasteiger partial charge in [-0.15, -0.1) is 0 Å². The lowest BCUT2D eigenvalue weighted by molar-refractivity contribution is -0.168. The average Bonchev–Trinajstić information content (AvgIpc) is 2.63. The minimum absolute atomic E-state index is 0.0257. The maximum atomic E-state index is 12.8. The highest BCUT2D eigenvalue weighted by molar-refractivity contribution is 6.44. The van der Waals surface area contributed by atoms with Crippen LogP contribution in [0.25, 0.3) is 0 Å². The van der Waals surface area contributed by atoms with Crippen LogP contribution in [0, 0.1) is 5.41 Å². The third-order valence-electron chi connectivity index (χ3n) is 4.63. The Labute approximate surface area is 176 Å². The van der Waals surface area contributed by atoms with Gasteiger partial charge in [0.15, 0.2) is 11.2 Å². The average molecular weight is 438 g/mol. The van der Waals surface area contributed by atoms with E-state index in [1.165, 1.54) is 12.1 Å². The maximum Gasteiger partial charge on any atom is 0.328 e. The molecule has 0 aliphatic rings. The van der Waals surface area contributed by atoms with E-state index in [0.29, 0.717) is 6.61 Å². The van der Waals surface area contributed by atoms with E-state index in [2.05, 4.69) is 6.92 Å². The Balaban J connectivity index is 2.82. The monoisotopic (exact) mass is 436 g/mol. The fourth-order valence-electron chi connectivity index (χ4n) is 2.72. The summed E-state index contributed by atoms with van der Waals surface area (Å²) >= 11 is 18.0. The first-order valence-electron chi connectivity index (χ1n) is 9.36. The van der Waals surface area contributed by atoms with E-state index >= 15 is 0 Å². The minimum atomic E-state index is -1.39. The first-order chi connectivity index (χ1) is 12.8. The second kappa shape index (κ2) is 11.8. The molecule has 0 aliphatic carbocycles. The summed E-state index contributed by atoms with van der Waals surface area (Å²) in [5, 5.41) is 0.514. The number of esters is 2. The SMILES string of the molecule is CCCCCCCOC(=O)C(CC)(CC)C(=O)Oc1cc(Cl)cc(Cl)c1Cl. The maximum absolute atomic E-state index is 12.8. The second-order valence-corrected chi connectivity index (χ2v) is 7.65. The molecule has 0 N–H and O–H groups in total. The van der Waals surface area contributed by atoms with Crippen LogP contribution in [-0.4, -0.2) is 18.5 Å². The van der Waals surface area contributed by atoms with Gasteiger partial charge < -0.3 is 9.47 Å². The van der Waals surface area contributed by atoms with Crippen LogP contribution in [0.5, 0.6) is 5.75 Å². The van der Waals surface area contributed by atoms with Crippen molar-refractivity contribution in [2.75, 3.05) is 6.61 Å². The quantitative estimate of drug-likeness (QED) is 0.125. The molecular weight excluding hydrogens is 411 g/mol. The lowest BCUT2D eigenvalue weighted by Crippen LogP contribution is -2.42. The highest BCUT2D eigenvalue weighted by atomic mass is 35.5. The van der Waals surface area contributed by atoms with Crippen LogP contribution in [0.3, 0.4) is 0 Å². The lowest BCUT2D eigenvalue weighted by atomic mass is 9.82. The predicted octanol–water partition coefficient (Wildman–Crippen LogP) is 6.87. The molecule has 0 saturated carbocycles. The largest absolute Gasteiger partial charge is 0.465 e. The predicted molar refractivity (Wildman–Crippen MR) is 110 cm³/mol. The number of carbonyl (C=O) groups excluding carboxylic acids is 2. The molecule has 0 aromatic heterocycles. The molecule has 27 heavy (non-hydrogen) atoms. The van der Waals surface area contributed by atoms with Crippen LogP contribution in [0.4, 0.5) is 0 Å². The Morgan fingerprint density at radius 2 is 1.56 bits per heavy atom. The lowest BCUT2D eigenvalue weighted by Gasteiger charge is -2.27. The van der Waals surface area contributed by atoms with Gasteiger partial charge in [-0.25, -0.2) is 0 Å². The third-order valence-corrected chi connectivity index (χ3v) is 5.63. The highest BCUT2D eigenvalue weighted by Gasteiger charge is 2.46. The normalized spacial score (nSPS) is 11.3. The van der Waals surface area contributed by atoms with Gasteiger partial charge in [-0.1, -0.05) is 81.3 Å². The van der Waals surface area contributed by atoms with E-state index in [1.54, 1.807) is 13.8 Å². The van der Waals surface area contributed by atoms with Crippen molar-refractivity contribution in [1.29, 1.82) is 0 Å². The van der Waals surface area contributed by atoms with Crippen molar-refractivity contribution < 1.29 is 19.1 Å². The Morgan fingerprint density at radius 3 is 2.15 bits per heavy atom. The smallest absolute Gasteiger partial charge is 0.328 e. The standard InChI is InChI=1S/C20H27Cl3O4/c1-4-7-8-9-10-11-26-18(24)20(5-2,6-3)19(25)27-16-13-14(21)12-15(22)17(16)23/h12-13H,4-11H2,1-3H3. The Morgan fingerprint density at radius 1 is 0.926 bits per heavy atom. The molecule has 0 bridgehead atoms. The number of rotatable bonds is 11. The van der Waals surface area contributed by atoms with Gasteiger partial charge in [0.2, 0.25) is 0 Å². The molecule has 0 atom stereocenters. The van der Waals surface area contributed by atoms with E-state index in [4.69, 9.17) is 44.3 Å². The summed E-state index contributed by atoms with van der Waals surface area (Å²) in [7, 11) is 0. The van der Waals surface area contributed by atoms with Crippen LogP contribution in [-0.2, 0) is 14.3 Å². The van der Waals surface area contributed by atoms with Crippen LogP contribution >= 0.6 is 34.8 Å². The van der Waals surface area contributed by atoms with Crippen molar-refractivity contribution in [2.45, 2.75) is 65.7 Å². The van der Waals surface area contributed by atoms with Gasteiger partial charge in [-0.2, -0.15) is 0 Å². The molecule has 0 fully saturated rings. The number of ether oxygens (including phenoxy) is 2. The van der Waals surface area contributed by atoms with Gasteiger partial charge in [0, 0.05) is 11.1 Å². The number of benzene rings is 1. The summed E-state index contributed by atoms with van der Waals surface area (Å²) in [4.78, 5) is 25.5. The molecule has 0 radical (unpaired) electrons. The van der Waals surface area contributed by atoms with Crippen LogP contribution < -0.4 is 4.74 Å². The molecule has 7 heteroatoms. The van der Waals surface area contributed by atoms with Crippen LogP contribution in [0.2, 0.25) is 15.1 Å². The van der Waals surface area contributed by atoms with Crippen molar-refractivity contribution in [3.8, 4) is 5.75 Å². The van der Waals surface area contributed by atoms with E-state index in [9.17, 15) is 9.59 Å². The van der Waals surface area contributed by atoms with Crippen molar-refractivity contribution in [3.63, 3.8) is 0 Å². The Bertz CT molecular complexity index is 642. The van der Waals surface area contributed by atoms with Gasteiger partial charge in [0.25, 0.3) is 0 Å². The topological polar surface area (TPSA) is 52.6 Å². The number of carbonyl (C=O) groups is 2. The fourth-order valence-corrected chi connectivity index (χ4v) is 3.35. The summed E-state index contributed by atoms with van der Waals surface area (Å²) < 4.78 is 10.8. The van der Waals surface area contributed by atoms with E-state index in [-0.39, 0.29) is 33.7 Å². The zero-order chi connectivity index (χ0) is 20.4. The molecule has 0 aliphatic heterocycles. The summed E-state index contributed by atoms with van der Waals surface area (Å²) in [5.74, 6) is -1.27. The number of hydrogen-bond acceptors (Lipinski definition) is 4. The van der Waals surface area contributed by atoms with Crippen molar-refractivity contribution in [3.05, 3.63) is 27.2 Å². The molecule has 1 aromatic carbocycles. The van der Waals surface area contributed by atoms with Crippen molar-refractivity contribution in [1.82, 2.24) is 0 Å². The number of unbranched alkanes of at least 4 members (excludes halogenated alkanes) is 4. The summed E-state index contributed by atoms with van der Waals surface area (Å²) in [6, 6.07) is 2.84. The number of halogens is 3. The summed E-state index contributed by atoms with van der Waals surface area (Å²) in [5.41, 5.74) is -1.39. The number of hydrogen-bond donors (Lipinski definition) is 0. The second-order valence-electron chi connectivity index (χ2n) is 6.43. The molecule has 1 aromatic rings. The molecule has 0 amide bonds. The minimum Gasteiger partial charge on any atom is -0.465 e. The van der Waals surface area contributed by atoms with Gasteiger partial charge in [0.1, 0.15) is 5.02 Å². The first kappa shape index (κ1) is 24.1. The molecule has 152 valence electrons. The van der Waals surface area contributed by atoms with Gasteiger partial charge in [-0.3, -0.25) is 9.59 Å². The Kier molecular flexibility index (Phi) is 10.5. The molecule has 4 nitrogen and oxygen atoms in total. The molecule has 0 heterocycles. The first-order valence-corrected chi connectivity index (χ1v) is 10.5. The van der Waals surface area contributed by atoms with Crippen molar-refractivity contribution >= 4 is 46.7 Å². The fraction of sp³-hybridized carbons (Fsp3) is 0.600. The zero-order valence-corrected chi connectivity index (χ0v) is 18.3. The highest BCUT2D eigenvalue weighted by Crippen LogP contribution is 2.38. The summed E-state index contributed by atoms with van der Waals surface area (Å²) in [6.07, 6.45) is 5.70.